The summed E-state index contributed by atoms with van der Waals surface area (Å²) in [4.78, 5) is 15.8. The van der Waals surface area contributed by atoms with E-state index in [9.17, 15) is 4.79 Å². The second-order valence-corrected chi connectivity index (χ2v) is 9.11. The predicted molar refractivity (Wildman–Crippen MR) is 123 cm³/mol. The molecule has 0 aliphatic heterocycles. The third-order valence-corrected chi connectivity index (χ3v) is 6.81. The molecule has 0 bridgehead atoms. The summed E-state index contributed by atoms with van der Waals surface area (Å²) < 4.78 is 2.23. The Balaban J connectivity index is 1.42. The van der Waals surface area contributed by atoms with Crippen molar-refractivity contribution < 1.29 is 4.79 Å². The van der Waals surface area contributed by atoms with E-state index in [0.717, 1.165) is 53.3 Å². The Morgan fingerprint density at radius 3 is 2.90 bits per heavy atom. The van der Waals surface area contributed by atoms with Gasteiger partial charge in [0.2, 0.25) is 5.91 Å². The van der Waals surface area contributed by atoms with Crippen molar-refractivity contribution in [3.63, 3.8) is 0 Å². The topological polar surface area (TPSA) is 75.6 Å². The molecule has 1 fully saturated rings. The Bertz CT molecular complexity index is 991. The van der Waals surface area contributed by atoms with Crippen LogP contribution in [-0.2, 0) is 4.79 Å². The van der Waals surface area contributed by atoms with E-state index < -0.39 is 0 Å². The monoisotopic (exact) mass is 425 g/mol. The first-order valence-electron chi connectivity index (χ1n) is 11.1. The molecule has 2 aromatic heterocycles. The molecule has 1 aliphatic carbocycles. The highest BCUT2D eigenvalue weighted by Gasteiger charge is 2.31. The molecule has 0 spiro atoms. The maximum Gasteiger partial charge on any atom is 0.230 e. The number of aromatic amines is 1. The van der Waals surface area contributed by atoms with Gasteiger partial charge in [0.1, 0.15) is 0 Å². The zero-order valence-electron chi connectivity index (χ0n) is 17.9. The molecule has 0 unspecified atom stereocenters. The normalized spacial score (nSPS) is 14.9. The van der Waals surface area contributed by atoms with E-state index in [2.05, 4.69) is 51.0 Å². The molecule has 2 heterocycles. The van der Waals surface area contributed by atoms with Gasteiger partial charge in [0.15, 0.2) is 11.0 Å². The van der Waals surface area contributed by atoms with E-state index in [1.807, 2.05) is 18.3 Å². The molecule has 1 amide bonds. The molecule has 4 rings (SSSR count). The van der Waals surface area contributed by atoms with Gasteiger partial charge in [-0.3, -0.25) is 9.36 Å². The molecule has 160 valence electrons. The highest BCUT2D eigenvalue weighted by molar-refractivity contribution is 7.99. The molecule has 1 atom stereocenters. The second-order valence-electron chi connectivity index (χ2n) is 8.16. The Labute approximate surface area is 182 Å². The van der Waals surface area contributed by atoms with Crippen molar-refractivity contribution in [3.8, 4) is 11.4 Å². The van der Waals surface area contributed by atoms with Gasteiger partial charge in [-0.25, -0.2) is 0 Å². The lowest BCUT2D eigenvalue weighted by molar-refractivity contribution is -0.118. The molecule has 0 radical (unpaired) electrons. The summed E-state index contributed by atoms with van der Waals surface area (Å²) in [6.45, 7) is 5.18. The van der Waals surface area contributed by atoms with Gasteiger partial charge in [-0.2, -0.15) is 0 Å². The average Bonchev–Trinajstić information content (AvgIpc) is 3.38. The fourth-order valence-corrected chi connectivity index (χ4v) is 4.70. The number of hydrogen-bond acceptors (Lipinski definition) is 4. The van der Waals surface area contributed by atoms with Crippen molar-refractivity contribution in [2.24, 2.45) is 5.92 Å². The van der Waals surface area contributed by atoms with Gasteiger partial charge in [0.25, 0.3) is 0 Å². The summed E-state index contributed by atoms with van der Waals surface area (Å²) in [6, 6.07) is 8.69. The number of para-hydroxylation sites is 1. The van der Waals surface area contributed by atoms with E-state index in [4.69, 9.17) is 0 Å². The maximum absolute atomic E-state index is 12.4. The number of fused-ring (bicyclic) bond motifs is 1. The Kier molecular flexibility index (Phi) is 6.77. The zero-order chi connectivity index (χ0) is 20.9. The molecule has 1 aliphatic rings. The first-order chi connectivity index (χ1) is 14.7. The summed E-state index contributed by atoms with van der Waals surface area (Å²) in [7, 11) is 0. The van der Waals surface area contributed by atoms with E-state index >= 15 is 0 Å². The van der Waals surface area contributed by atoms with E-state index in [-0.39, 0.29) is 5.91 Å². The maximum atomic E-state index is 12.4. The van der Waals surface area contributed by atoms with Crippen molar-refractivity contribution in [1.82, 2.24) is 25.1 Å². The van der Waals surface area contributed by atoms with Crippen LogP contribution in [0.15, 0.2) is 35.6 Å². The van der Waals surface area contributed by atoms with Crippen molar-refractivity contribution in [2.45, 2.75) is 63.6 Å². The first-order valence-corrected chi connectivity index (χ1v) is 12.1. The summed E-state index contributed by atoms with van der Waals surface area (Å²) in [5, 5.41) is 14.1. The third-order valence-electron chi connectivity index (χ3n) is 5.87. The van der Waals surface area contributed by atoms with Crippen LogP contribution in [0, 0.1) is 5.92 Å². The van der Waals surface area contributed by atoms with Gasteiger partial charge in [-0.05, 0) is 31.2 Å². The number of H-pyrrole nitrogens is 1. The number of carbonyl (C=O) groups excluding carboxylic acids is 1. The second kappa shape index (κ2) is 9.69. The minimum absolute atomic E-state index is 0.0777. The van der Waals surface area contributed by atoms with E-state index in [1.165, 1.54) is 31.0 Å². The lowest BCUT2D eigenvalue weighted by Gasteiger charge is -2.15. The molecule has 2 N–H and O–H groups in total. The van der Waals surface area contributed by atoms with E-state index in [1.54, 1.807) is 0 Å². The van der Waals surface area contributed by atoms with E-state index in [0.29, 0.717) is 17.7 Å². The number of hydrogen-bond donors (Lipinski definition) is 2. The van der Waals surface area contributed by atoms with Crippen LogP contribution in [0.25, 0.3) is 22.3 Å². The van der Waals surface area contributed by atoms with Crippen LogP contribution in [0.5, 0.6) is 0 Å². The fraction of sp³-hybridized carbons (Fsp3) is 0.522. The van der Waals surface area contributed by atoms with Crippen molar-refractivity contribution in [1.29, 1.82) is 0 Å². The summed E-state index contributed by atoms with van der Waals surface area (Å²) >= 11 is 1.49. The minimum Gasteiger partial charge on any atom is -0.360 e. The number of rotatable bonds is 11. The molecular weight excluding hydrogens is 394 g/mol. The minimum atomic E-state index is 0.0777. The SMILES string of the molecule is CCCC[C@@H](CC)CNC(=O)CSc1nnc(-c2c[nH]c3ccccc23)n1C1CC1. The number of nitrogens with zero attached hydrogens (tertiary/aromatic N) is 3. The van der Waals surface area contributed by atoms with Crippen LogP contribution < -0.4 is 5.32 Å². The number of carbonyl (C=O) groups is 1. The molecule has 7 heteroatoms. The highest BCUT2D eigenvalue weighted by Crippen LogP contribution is 2.42. The lowest BCUT2D eigenvalue weighted by Crippen LogP contribution is -2.30. The Hall–Kier alpha value is -2.28. The number of thioether (sulfide) groups is 1. The van der Waals surface area contributed by atoms with Crippen LogP contribution in [0.3, 0.4) is 0 Å². The van der Waals surface area contributed by atoms with Crippen LogP contribution in [-0.4, -0.2) is 38.0 Å². The van der Waals surface area contributed by atoms with Gasteiger partial charge in [-0.1, -0.05) is 63.1 Å². The lowest BCUT2D eigenvalue weighted by atomic mass is 9.99. The average molecular weight is 426 g/mol. The predicted octanol–water partition coefficient (Wildman–Crippen LogP) is 5.19. The van der Waals surface area contributed by atoms with Crippen LogP contribution in [0.2, 0.25) is 0 Å². The number of unbranched alkanes of at least 4 members (excludes halogenated alkanes) is 1. The molecule has 6 nitrogen and oxygen atoms in total. The van der Waals surface area contributed by atoms with Gasteiger partial charge < -0.3 is 10.3 Å². The Morgan fingerprint density at radius 2 is 2.13 bits per heavy atom. The molecule has 1 aromatic carbocycles. The number of aromatic nitrogens is 4. The first kappa shape index (κ1) is 21.0. The van der Waals surface area contributed by atoms with Crippen molar-refractivity contribution >= 4 is 28.6 Å². The van der Waals surface area contributed by atoms with Crippen molar-refractivity contribution in [2.75, 3.05) is 12.3 Å². The number of nitrogens with one attached hydrogen (secondary N) is 2. The van der Waals surface area contributed by atoms with Crippen molar-refractivity contribution in [3.05, 3.63) is 30.5 Å². The zero-order valence-corrected chi connectivity index (χ0v) is 18.7. The summed E-state index contributed by atoms with van der Waals surface area (Å²) in [6.07, 6.45) is 9.02. The van der Waals surface area contributed by atoms with Gasteiger partial charge in [-0.15, -0.1) is 10.2 Å². The molecule has 0 saturated heterocycles. The largest absolute Gasteiger partial charge is 0.360 e. The Morgan fingerprint density at radius 1 is 1.30 bits per heavy atom. The van der Waals surface area contributed by atoms with Gasteiger partial charge in [0.05, 0.1) is 5.75 Å². The smallest absolute Gasteiger partial charge is 0.230 e. The van der Waals surface area contributed by atoms with Crippen LogP contribution in [0.1, 0.15) is 58.4 Å². The quantitative estimate of drug-likeness (QED) is 0.415. The van der Waals surface area contributed by atoms with Crippen LogP contribution >= 0.6 is 11.8 Å². The number of benzene rings is 1. The molecular formula is C23H31N5OS. The summed E-state index contributed by atoms with van der Waals surface area (Å²) in [5.41, 5.74) is 2.17. The fourth-order valence-electron chi connectivity index (χ4n) is 3.86. The molecule has 1 saturated carbocycles. The standard InChI is InChI=1S/C23H31N5OS/c1-3-5-8-16(4-2)13-25-21(29)15-30-23-27-26-22(28(23)17-11-12-17)19-14-24-20-10-7-6-9-18(19)20/h6-7,9-10,14,16-17,24H,3-5,8,11-13,15H2,1-2H3,(H,25,29)/t16-/m1/s1. The molecule has 3 aromatic rings. The van der Waals surface area contributed by atoms with Crippen LogP contribution in [0.4, 0.5) is 0 Å². The third kappa shape index (κ3) is 4.72. The number of amides is 1. The summed E-state index contributed by atoms with van der Waals surface area (Å²) in [5.74, 6) is 1.92. The van der Waals surface area contributed by atoms with Gasteiger partial charge in [0, 0.05) is 35.2 Å². The highest BCUT2D eigenvalue weighted by atomic mass is 32.2. The molecule has 30 heavy (non-hydrogen) atoms. The van der Waals surface area contributed by atoms with Gasteiger partial charge >= 0.3 is 0 Å².